The smallest absolute Gasteiger partial charge is 0.333 e. The van der Waals surface area contributed by atoms with Crippen molar-refractivity contribution < 1.29 is 22.7 Å². The molecule has 5 atom stereocenters. The van der Waals surface area contributed by atoms with Gasteiger partial charge in [0.2, 0.25) is 5.91 Å². The van der Waals surface area contributed by atoms with E-state index in [1.807, 2.05) is 6.92 Å². The molecule has 2 aromatic heterocycles. The maximum absolute atomic E-state index is 13.6. The average molecular weight is 430 g/mol. The Kier molecular flexibility index (Phi) is 4.83. The number of amides is 1. The number of aromatic nitrogens is 3. The van der Waals surface area contributed by atoms with E-state index in [1.165, 1.54) is 18.3 Å². The van der Waals surface area contributed by atoms with Gasteiger partial charge in [0, 0.05) is 17.5 Å². The summed E-state index contributed by atoms with van der Waals surface area (Å²) in [6.07, 6.45) is 5.66. The van der Waals surface area contributed by atoms with Crippen LogP contribution in [0.5, 0.6) is 5.75 Å². The van der Waals surface area contributed by atoms with Crippen LogP contribution in [0.3, 0.4) is 0 Å². The molecule has 5 rings (SSSR count). The van der Waals surface area contributed by atoms with E-state index in [9.17, 15) is 18.0 Å². The number of carbonyl (C=O) groups excluding carboxylic acids is 1. The standard InChI is InChI=1S/C22H21F3N4O2/c1-11(21(30)28-13-9-27-29(10-13)22(24)25)20-15-7-14(8-16(15)20)31-19-4-5-26-18-3-2-12(23)6-17(18)19/h2-6,9-11,14-16,20,22H,7-8H2,1H3,(H,28,30)/t11?,14-,15+,16-,20-. The lowest BCUT2D eigenvalue weighted by atomic mass is 9.97. The van der Waals surface area contributed by atoms with Gasteiger partial charge in [-0.2, -0.15) is 13.9 Å². The number of fused-ring (bicyclic) bond motifs is 2. The first kappa shape index (κ1) is 19.8. The maximum atomic E-state index is 13.6. The minimum Gasteiger partial charge on any atom is -0.490 e. The normalized spacial score (nSPS) is 25.5. The molecule has 0 radical (unpaired) electrons. The van der Waals surface area contributed by atoms with Gasteiger partial charge in [-0.3, -0.25) is 9.78 Å². The van der Waals surface area contributed by atoms with Gasteiger partial charge in [-0.25, -0.2) is 9.07 Å². The Hall–Kier alpha value is -3.10. The highest BCUT2D eigenvalue weighted by atomic mass is 19.3. The van der Waals surface area contributed by atoms with E-state index >= 15 is 0 Å². The molecule has 2 aliphatic carbocycles. The predicted molar refractivity (Wildman–Crippen MR) is 107 cm³/mol. The van der Waals surface area contributed by atoms with E-state index in [0.717, 1.165) is 19.0 Å². The number of alkyl halides is 2. The van der Waals surface area contributed by atoms with Crippen LogP contribution in [0.15, 0.2) is 42.9 Å². The van der Waals surface area contributed by atoms with Crippen LogP contribution in [0.1, 0.15) is 26.3 Å². The van der Waals surface area contributed by atoms with Crippen molar-refractivity contribution in [2.75, 3.05) is 5.32 Å². The van der Waals surface area contributed by atoms with Crippen molar-refractivity contribution >= 4 is 22.5 Å². The van der Waals surface area contributed by atoms with Crippen molar-refractivity contribution in [3.8, 4) is 5.75 Å². The largest absolute Gasteiger partial charge is 0.490 e. The molecule has 1 amide bonds. The molecular weight excluding hydrogens is 409 g/mol. The summed E-state index contributed by atoms with van der Waals surface area (Å²) in [7, 11) is 0. The second kappa shape index (κ2) is 7.55. The second-order valence-electron chi connectivity index (χ2n) is 8.35. The fourth-order valence-electron chi connectivity index (χ4n) is 5.00. The Bertz CT molecular complexity index is 1120. The quantitative estimate of drug-likeness (QED) is 0.619. The van der Waals surface area contributed by atoms with Gasteiger partial charge < -0.3 is 10.1 Å². The summed E-state index contributed by atoms with van der Waals surface area (Å²) >= 11 is 0. The van der Waals surface area contributed by atoms with Gasteiger partial charge in [0.15, 0.2) is 0 Å². The number of carbonyl (C=O) groups is 1. The monoisotopic (exact) mass is 430 g/mol. The first-order chi connectivity index (χ1) is 14.9. The number of ether oxygens (including phenoxy) is 1. The highest BCUT2D eigenvalue weighted by Gasteiger charge is 2.59. The van der Waals surface area contributed by atoms with Gasteiger partial charge in [-0.15, -0.1) is 0 Å². The molecule has 2 fully saturated rings. The zero-order valence-corrected chi connectivity index (χ0v) is 16.7. The first-order valence-corrected chi connectivity index (χ1v) is 10.2. The molecule has 6 nitrogen and oxygen atoms in total. The molecule has 2 heterocycles. The number of hydrogen-bond donors (Lipinski definition) is 1. The molecule has 0 spiro atoms. The van der Waals surface area contributed by atoms with Crippen molar-refractivity contribution in [3.05, 3.63) is 48.7 Å². The molecule has 31 heavy (non-hydrogen) atoms. The Morgan fingerprint density at radius 3 is 2.74 bits per heavy atom. The van der Waals surface area contributed by atoms with Crippen molar-refractivity contribution in [1.29, 1.82) is 0 Å². The topological polar surface area (TPSA) is 69.0 Å². The zero-order valence-electron chi connectivity index (χ0n) is 16.7. The van der Waals surface area contributed by atoms with E-state index in [0.29, 0.717) is 33.2 Å². The summed E-state index contributed by atoms with van der Waals surface area (Å²) in [6, 6.07) is 6.18. The average Bonchev–Trinajstić information content (AvgIpc) is 3.08. The van der Waals surface area contributed by atoms with Crippen LogP contribution in [-0.4, -0.2) is 26.8 Å². The minimum absolute atomic E-state index is 0.0136. The lowest BCUT2D eigenvalue weighted by Gasteiger charge is -2.20. The number of pyridine rings is 1. The molecule has 0 bridgehead atoms. The Morgan fingerprint density at radius 1 is 1.26 bits per heavy atom. The maximum Gasteiger partial charge on any atom is 0.333 e. The molecule has 1 aromatic carbocycles. The number of benzene rings is 1. The molecule has 0 aliphatic heterocycles. The number of nitrogens with one attached hydrogen (secondary N) is 1. The van der Waals surface area contributed by atoms with Crippen molar-refractivity contribution in [2.24, 2.45) is 23.7 Å². The van der Waals surface area contributed by atoms with Gasteiger partial charge in [0.1, 0.15) is 11.6 Å². The fraction of sp³-hybridized carbons (Fsp3) is 0.409. The van der Waals surface area contributed by atoms with Gasteiger partial charge in [-0.1, -0.05) is 6.92 Å². The first-order valence-electron chi connectivity index (χ1n) is 10.2. The second-order valence-corrected chi connectivity index (χ2v) is 8.35. The van der Waals surface area contributed by atoms with E-state index in [4.69, 9.17) is 4.74 Å². The molecule has 0 saturated heterocycles. The number of rotatable bonds is 6. The summed E-state index contributed by atoms with van der Waals surface area (Å²) in [5.41, 5.74) is 0.946. The van der Waals surface area contributed by atoms with Crippen LogP contribution < -0.4 is 10.1 Å². The predicted octanol–water partition coefficient (Wildman–Crippen LogP) is 4.64. The third-order valence-electron chi connectivity index (χ3n) is 6.49. The van der Waals surface area contributed by atoms with E-state index in [1.54, 1.807) is 18.3 Å². The molecule has 2 aliphatic rings. The third-order valence-corrected chi connectivity index (χ3v) is 6.49. The zero-order chi connectivity index (χ0) is 21.7. The third kappa shape index (κ3) is 3.73. The number of anilines is 1. The van der Waals surface area contributed by atoms with Gasteiger partial charge >= 0.3 is 6.55 Å². The number of nitrogens with zero attached hydrogens (tertiary/aromatic N) is 3. The van der Waals surface area contributed by atoms with Gasteiger partial charge in [-0.05, 0) is 54.9 Å². The molecule has 2 saturated carbocycles. The van der Waals surface area contributed by atoms with Crippen LogP contribution in [0.25, 0.3) is 10.9 Å². The van der Waals surface area contributed by atoms with Crippen molar-refractivity contribution in [2.45, 2.75) is 32.4 Å². The molecule has 162 valence electrons. The van der Waals surface area contributed by atoms with E-state index in [-0.39, 0.29) is 35.4 Å². The number of halogens is 3. The Labute approximate surface area is 176 Å². The summed E-state index contributed by atoms with van der Waals surface area (Å²) in [4.78, 5) is 16.8. The summed E-state index contributed by atoms with van der Waals surface area (Å²) < 4.78 is 45.6. The summed E-state index contributed by atoms with van der Waals surface area (Å²) in [6.45, 7) is -0.873. The molecule has 1 N–H and O–H groups in total. The Balaban J connectivity index is 1.18. The van der Waals surface area contributed by atoms with Gasteiger partial charge in [0.25, 0.3) is 0 Å². The van der Waals surface area contributed by atoms with Crippen LogP contribution in [-0.2, 0) is 4.79 Å². The fourth-order valence-corrected chi connectivity index (χ4v) is 5.00. The highest BCUT2D eigenvalue weighted by Crippen LogP contribution is 2.61. The van der Waals surface area contributed by atoms with Crippen LogP contribution >= 0.6 is 0 Å². The summed E-state index contributed by atoms with van der Waals surface area (Å²) in [5, 5.41) is 6.85. The van der Waals surface area contributed by atoms with E-state index in [2.05, 4.69) is 15.4 Å². The Morgan fingerprint density at radius 2 is 2.03 bits per heavy atom. The molecular formula is C22H21F3N4O2. The molecule has 9 heteroatoms. The van der Waals surface area contributed by atoms with Gasteiger partial charge in [0.05, 0.1) is 29.7 Å². The van der Waals surface area contributed by atoms with Crippen LogP contribution in [0.2, 0.25) is 0 Å². The molecule has 3 aromatic rings. The van der Waals surface area contributed by atoms with Crippen molar-refractivity contribution in [1.82, 2.24) is 14.8 Å². The number of hydrogen-bond acceptors (Lipinski definition) is 4. The summed E-state index contributed by atoms with van der Waals surface area (Å²) in [5.74, 6) is 0.881. The van der Waals surface area contributed by atoms with Crippen LogP contribution in [0.4, 0.5) is 18.9 Å². The minimum atomic E-state index is -2.74. The van der Waals surface area contributed by atoms with Crippen molar-refractivity contribution in [3.63, 3.8) is 0 Å². The van der Waals surface area contributed by atoms with Crippen LogP contribution in [0, 0.1) is 29.5 Å². The van der Waals surface area contributed by atoms with E-state index < -0.39 is 6.55 Å². The highest BCUT2D eigenvalue weighted by molar-refractivity contribution is 5.92. The lowest BCUT2D eigenvalue weighted by Crippen LogP contribution is -2.25. The SMILES string of the molecule is CC(C(=O)Nc1cnn(C(F)F)c1)[C@H]1[C@@H]2C[C@H](Oc3ccnc4ccc(F)cc34)C[C@@H]21. The molecule has 1 unspecified atom stereocenters. The lowest BCUT2D eigenvalue weighted by molar-refractivity contribution is -0.120.